The maximum Gasteiger partial charge on any atom is 0.154 e. The van der Waals surface area contributed by atoms with E-state index in [0.717, 1.165) is 34.1 Å². The molecule has 12 heteroatoms. The van der Waals surface area contributed by atoms with Gasteiger partial charge in [0.25, 0.3) is 0 Å². The summed E-state index contributed by atoms with van der Waals surface area (Å²) in [5, 5.41) is 0.510. The smallest absolute Gasteiger partial charge is 0.154 e. The number of hydrogen-bond donors (Lipinski definition) is 2. The van der Waals surface area contributed by atoms with E-state index in [2.05, 4.69) is 52.3 Å². The molecule has 4 heterocycles. The number of imidazole rings is 2. The summed E-state index contributed by atoms with van der Waals surface area (Å²) in [6, 6.07) is 0. The van der Waals surface area contributed by atoms with Crippen molar-refractivity contribution in [3.63, 3.8) is 0 Å². The second kappa shape index (κ2) is 15.8. The van der Waals surface area contributed by atoms with Gasteiger partial charge in [-0.25, -0.2) is 19.9 Å². The SMILES string of the molecule is C#C[I-]I.C[I-]C.Cc1nc(C)n2ccnc(Cl)c12.Cc1nc(C)n2ccnc(N)c12.N. The van der Waals surface area contributed by atoms with Gasteiger partial charge < -0.3 is 11.9 Å². The number of nitrogens with zero attached hydrogens (tertiary/aromatic N) is 6. The van der Waals surface area contributed by atoms with E-state index in [0.29, 0.717) is 32.2 Å². The van der Waals surface area contributed by atoms with Gasteiger partial charge in [0.2, 0.25) is 0 Å². The van der Waals surface area contributed by atoms with E-state index in [9.17, 15) is 0 Å². The van der Waals surface area contributed by atoms with Crippen LogP contribution in [0.1, 0.15) is 23.0 Å². The van der Waals surface area contributed by atoms with Crippen LogP contribution in [0.5, 0.6) is 0 Å². The Kier molecular flexibility index (Phi) is 15.3. The molecule has 0 bridgehead atoms. The number of terminal acetylenes is 1. The topological polar surface area (TPSA) is 121 Å². The fourth-order valence-electron chi connectivity index (χ4n) is 2.76. The van der Waals surface area contributed by atoms with Crippen LogP contribution in [0.3, 0.4) is 0 Å². The fraction of sp³-hybridized carbons (Fsp3) is 0.300. The molecule has 0 atom stereocenters. The Morgan fingerprint density at radius 3 is 1.78 bits per heavy atom. The van der Waals surface area contributed by atoms with Crippen molar-refractivity contribution in [1.29, 1.82) is 0 Å². The molecule has 0 aromatic carbocycles. The molecule has 4 aromatic heterocycles. The summed E-state index contributed by atoms with van der Waals surface area (Å²) >= 11 is 8.83. The summed E-state index contributed by atoms with van der Waals surface area (Å²) in [6.45, 7) is 7.74. The molecular weight excluding hydrogens is 768 g/mol. The van der Waals surface area contributed by atoms with Crippen molar-refractivity contribution in [3.05, 3.63) is 53.0 Å². The van der Waals surface area contributed by atoms with Gasteiger partial charge in [-0.15, -0.1) is 0 Å². The first-order valence-electron chi connectivity index (χ1n) is 8.79. The largest absolute Gasteiger partial charge is 0.382 e. The number of aryl methyl sites for hydroxylation is 4. The van der Waals surface area contributed by atoms with Crippen molar-refractivity contribution in [2.45, 2.75) is 27.7 Å². The van der Waals surface area contributed by atoms with Gasteiger partial charge in [0.05, 0.1) is 11.4 Å². The first-order chi connectivity index (χ1) is 14.7. The Labute approximate surface area is 224 Å². The van der Waals surface area contributed by atoms with Crippen LogP contribution < -0.4 is 50.3 Å². The molecule has 0 saturated heterocycles. The molecular formula is C20H28ClI3N8-2. The minimum atomic E-state index is 0. The van der Waals surface area contributed by atoms with Gasteiger partial charge in [-0.05, 0) is 27.7 Å². The summed E-state index contributed by atoms with van der Waals surface area (Å²) in [6.07, 6.45) is 11.9. The van der Waals surface area contributed by atoms with Crippen LogP contribution in [0.15, 0.2) is 24.8 Å². The number of hydrogen-bond acceptors (Lipinski definition) is 6. The van der Waals surface area contributed by atoms with Crippen molar-refractivity contribution in [2.24, 2.45) is 0 Å². The third-order valence-corrected chi connectivity index (χ3v) is 5.93. The number of nitrogens with two attached hydrogens (primary N) is 1. The molecule has 0 unspecified atom stereocenters. The molecule has 0 fully saturated rings. The van der Waals surface area contributed by atoms with Crippen molar-refractivity contribution in [2.75, 3.05) is 15.6 Å². The van der Waals surface area contributed by atoms with Gasteiger partial charge in [-0.2, -0.15) is 0 Å². The van der Waals surface area contributed by atoms with Crippen LogP contribution in [-0.4, -0.2) is 38.6 Å². The van der Waals surface area contributed by atoms with Crippen molar-refractivity contribution < 1.29 is 38.4 Å². The van der Waals surface area contributed by atoms with Crippen LogP contribution in [-0.2, 0) is 0 Å². The van der Waals surface area contributed by atoms with Gasteiger partial charge in [-0.3, -0.25) is 8.80 Å². The number of rotatable bonds is 0. The minimum Gasteiger partial charge on any atom is -0.382 e. The number of anilines is 1. The molecule has 0 aliphatic carbocycles. The molecule has 0 radical (unpaired) electrons. The number of alkyl halides is 2. The molecule has 4 aromatic rings. The zero-order chi connectivity index (χ0) is 23.6. The number of fused-ring (bicyclic) bond motifs is 2. The minimum absolute atomic E-state index is 0. The molecule has 4 rings (SSSR count). The first-order valence-corrected chi connectivity index (χ1v) is 20.8. The van der Waals surface area contributed by atoms with Crippen LogP contribution in [0.25, 0.3) is 11.0 Å². The van der Waals surface area contributed by atoms with E-state index in [1.807, 2.05) is 48.9 Å². The van der Waals surface area contributed by atoms with Gasteiger partial charge >= 0.3 is 77.3 Å². The van der Waals surface area contributed by atoms with Crippen molar-refractivity contribution in [1.82, 2.24) is 34.9 Å². The van der Waals surface area contributed by atoms with Gasteiger partial charge in [-0.1, -0.05) is 11.6 Å². The van der Waals surface area contributed by atoms with Crippen LogP contribution >= 0.6 is 30.2 Å². The molecule has 0 spiro atoms. The van der Waals surface area contributed by atoms with E-state index in [4.69, 9.17) is 23.8 Å². The van der Waals surface area contributed by atoms with Crippen LogP contribution in [0.4, 0.5) is 5.82 Å². The van der Waals surface area contributed by atoms with Crippen LogP contribution in [0, 0.1) is 38.0 Å². The molecule has 5 N–H and O–H groups in total. The Balaban J connectivity index is 0.000000458. The summed E-state index contributed by atoms with van der Waals surface area (Å²) in [4.78, 5) is 21.0. The van der Waals surface area contributed by atoms with Crippen LogP contribution in [0.2, 0.25) is 5.15 Å². The second-order valence-electron chi connectivity index (χ2n) is 6.02. The average molecular weight is 797 g/mol. The predicted molar refractivity (Wildman–Crippen MR) is 134 cm³/mol. The normalized spacial score (nSPS) is 9.59. The molecule has 0 saturated carbocycles. The molecule has 32 heavy (non-hydrogen) atoms. The van der Waals surface area contributed by atoms with E-state index < -0.39 is 0 Å². The number of aromatic nitrogens is 6. The quantitative estimate of drug-likeness (QED) is 0.126. The van der Waals surface area contributed by atoms with Gasteiger partial charge in [0, 0.05) is 24.8 Å². The van der Waals surface area contributed by atoms with E-state index in [1.165, 1.54) is 0 Å². The third kappa shape index (κ3) is 8.43. The molecule has 0 amide bonds. The molecule has 0 aliphatic heterocycles. The summed E-state index contributed by atoms with van der Waals surface area (Å²) in [7, 11) is 0. The van der Waals surface area contributed by atoms with Crippen molar-refractivity contribution >= 4 is 47.1 Å². The van der Waals surface area contributed by atoms with Gasteiger partial charge in [0.15, 0.2) is 5.15 Å². The first kappa shape index (κ1) is 31.0. The number of halogens is 4. The van der Waals surface area contributed by atoms with E-state index in [-0.39, 0.29) is 23.4 Å². The molecule has 178 valence electrons. The number of nitrogen functional groups attached to an aromatic ring is 1. The zero-order valence-electron chi connectivity index (χ0n) is 18.9. The van der Waals surface area contributed by atoms with Crippen molar-refractivity contribution in [3.8, 4) is 10.4 Å². The maximum absolute atomic E-state index is 5.90. The Hall–Kier alpha value is -0.960. The Morgan fingerprint density at radius 1 is 0.969 bits per heavy atom. The second-order valence-corrected chi connectivity index (χ2v) is 12.3. The average Bonchev–Trinajstić information content (AvgIpc) is 3.20. The Bertz CT molecular complexity index is 1080. The Morgan fingerprint density at radius 2 is 1.38 bits per heavy atom. The fourth-order valence-corrected chi connectivity index (χ4v) is 3.05. The zero-order valence-corrected chi connectivity index (χ0v) is 26.1. The van der Waals surface area contributed by atoms with E-state index in [1.54, 1.807) is 12.4 Å². The molecule has 0 aliphatic rings. The monoisotopic (exact) mass is 796 g/mol. The summed E-state index contributed by atoms with van der Waals surface area (Å²) in [5.74, 6) is 2.42. The molecule has 8 nitrogen and oxygen atoms in total. The van der Waals surface area contributed by atoms with Gasteiger partial charge in [0.1, 0.15) is 28.5 Å². The summed E-state index contributed by atoms with van der Waals surface area (Å²) in [5.41, 5.74) is 9.36. The summed E-state index contributed by atoms with van der Waals surface area (Å²) < 4.78 is 6.40. The maximum atomic E-state index is 5.90. The van der Waals surface area contributed by atoms with E-state index >= 15 is 0 Å². The third-order valence-electron chi connectivity index (χ3n) is 3.84. The standard InChI is InChI=1S/C8H8ClN3.C8H10N4.C2HI2.C2H6I.H3N/c2*1-5-7-8(9)10-3-4-12(7)6(2)11-5;1-2-4-3;1-3-2;/h3-4H,1-2H3;3-4H,1-2H3,(H2,9,10);1H;1-2H3;1H3/q;;2*-1;. The predicted octanol–water partition coefficient (Wildman–Crippen LogP) is -1.56.